The summed E-state index contributed by atoms with van der Waals surface area (Å²) in [6.07, 6.45) is 3.73. The Labute approximate surface area is 245 Å². The number of aromatic nitrogens is 3. The third-order valence-electron chi connectivity index (χ3n) is 7.73. The van der Waals surface area contributed by atoms with Crippen LogP contribution < -0.4 is 15.5 Å². The van der Waals surface area contributed by atoms with Gasteiger partial charge in [0.25, 0.3) is 11.8 Å². The smallest absolute Gasteiger partial charge is 0.286 e. The highest BCUT2D eigenvalue weighted by molar-refractivity contribution is 6.07. The normalized spacial score (nSPS) is 17.0. The summed E-state index contributed by atoms with van der Waals surface area (Å²) in [5.74, 6) is -2.24. The Balaban J connectivity index is 1.82. The fraction of sp³-hybridized carbons (Fsp3) is 0.452. The highest BCUT2D eigenvalue weighted by atomic mass is 16.4. The first kappa shape index (κ1) is 30.5. The van der Waals surface area contributed by atoms with E-state index >= 15 is 0 Å². The fourth-order valence-electron chi connectivity index (χ4n) is 5.43. The van der Waals surface area contributed by atoms with E-state index in [0.29, 0.717) is 17.7 Å². The number of amides is 3. The Hall–Kier alpha value is -4.41. The van der Waals surface area contributed by atoms with Gasteiger partial charge in [-0.3, -0.25) is 24.2 Å². The fourth-order valence-corrected chi connectivity index (χ4v) is 5.43. The van der Waals surface area contributed by atoms with Crippen LogP contribution in [0.5, 0.6) is 0 Å². The zero-order chi connectivity index (χ0) is 30.8. The zero-order valence-corrected chi connectivity index (χ0v) is 25.0. The average molecular weight is 575 g/mol. The van der Waals surface area contributed by atoms with Gasteiger partial charge in [-0.25, -0.2) is 0 Å². The summed E-state index contributed by atoms with van der Waals surface area (Å²) in [7, 11) is 0. The third-order valence-corrected chi connectivity index (χ3v) is 7.73. The van der Waals surface area contributed by atoms with Gasteiger partial charge in [0, 0.05) is 23.5 Å². The molecule has 2 aromatic heterocycles. The molecule has 0 fully saturated rings. The lowest BCUT2D eigenvalue weighted by atomic mass is 9.74. The monoisotopic (exact) mass is 574 g/mol. The number of nitrogens with one attached hydrogen (secondary N) is 2. The minimum absolute atomic E-state index is 0.253. The first-order valence-electron chi connectivity index (χ1n) is 14.0. The second kappa shape index (κ2) is 11.8. The van der Waals surface area contributed by atoms with E-state index in [4.69, 9.17) is 4.42 Å². The van der Waals surface area contributed by atoms with Gasteiger partial charge in [0.05, 0.1) is 11.6 Å². The van der Waals surface area contributed by atoms with Crippen molar-refractivity contribution < 1.29 is 23.6 Å². The number of pyridine rings is 1. The van der Waals surface area contributed by atoms with E-state index in [1.165, 1.54) is 6.20 Å². The molecule has 3 atom stereocenters. The summed E-state index contributed by atoms with van der Waals surface area (Å²) < 4.78 is 5.84. The lowest BCUT2D eigenvalue weighted by Gasteiger charge is -2.44. The lowest BCUT2D eigenvalue weighted by Crippen LogP contribution is -2.69. The molecule has 0 aliphatic carbocycles. The van der Waals surface area contributed by atoms with Crippen LogP contribution in [0, 0.1) is 11.8 Å². The number of carbonyl (C=O) groups excluding carboxylic acids is 4. The minimum atomic E-state index is -1.63. The molecule has 1 aromatic carbocycles. The van der Waals surface area contributed by atoms with Crippen molar-refractivity contribution in [1.29, 1.82) is 0 Å². The Bertz CT molecular complexity index is 1460. The SMILES string of the molecule is CC(C)C(NC(=O)c1cccnc1)C(=O)N1c2ccccc2C[C@H]1[C@](NC=O)(C(=O)c1nnc(C(C)(C)C)o1)C(C)C. The molecule has 1 unspecified atom stereocenters. The van der Waals surface area contributed by atoms with Crippen molar-refractivity contribution in [2.24, 2.45) is 11.8 Å². The molecule has 0 saturated heterocycles. The second-order valence-corrected chi connectivity index (χ2v) is 12.3. The van der Waals surface area contributed by atoms with Crippen LogP contribution in [-0.4, -0.2) is 56.8 Å². The predicted molar refractivity (Wildman–Crippen MR) is 156 cm³/mol. The molecule has 11 heteroatoms. The van der Waals surface area contributed by atoms with Gasteiger partial charge in [0.15, 0.2) is 0 Å². The molecule has 4 rings (SSSR count). The standard InChI is InChI=1S/C31H38N6O5/c1-18(2)24(34-26(40)21-12-10-14-32-16-21)28(41)37-22-13-9-8-11-20(22)15-23(37)31(19(3)4,33-17-38)25(39)27-35-36-29(42-27)30(5,6)7/h8-14,16-19,23-24H,15H2,1-7H3,(H,33,38)(H,34,40)/t23-,24?,31-/m0/s1. The van der Waals surface area contributed by atoms with E-state index in [9.17, 15) is 19.2 Å². The van der Waals surface area contributed by atoms with Crippen molar-refractivity contribution in [1.82, 2.24) is 25.8 Å². The molecule has 222 valence electrons. The van der Waals surface area contributed by atoms with Gasteiger partial charge in [-0.2, -0.15) is 0 Å². The van der Waals surface area contributed by atoms with Crippen LogP contribution in [0.25, 0.3) is 0 Å². The van der Waals surface area contributed by atoms with Crippen LogP contribution in [0.1, 0.15) is 81.0 Å². The predicted octanol–water partition coefficient (Wildman–Crippen LogP) is 3.50. The molecule has 3 amide bonds. The molecule has 3 heterocycles. The van der Waals surface area contributed by atoms with Crippen molar-refractivity contribution >= 4 is 29.7 Å². The molecule has 1 aliphatic rings. The van der Waals surface area contributed by atoms with E-state index < -0.39 is 46.6 Å². The molecule has 0 bridgehead atoms. The van der Waals surface area contributed by atoms with Crippen LogP contribution in [-0.2, 0) is 21.4 Å². The Morgan fingerprint density at radius 1 is 1.05 bits per heavy atom. The van der Waals surface area contributed by atoms with Gasteiger partial charge in [-0.1, -0.05) is 66.7 Å². The lowest BCUT2D eigenvalue weighted by molar-refractivity contribution is -0.122. The van der Waals surface area contributed by atoms with Gasteiger partial charge >= 0.3 is 0 Å². The van der Waals surface area contributed by atoms with Crippen molar-refractivity contribution in [3.63, 3.8) is 0 Å². The number of ketones is 1. The molecular weight excluding hydrogens is 536 g/mol. The van der Waals surface area contributed by atoms with E-state index in [0.717, 1.165) is 5.56 Å². The van der Waals surface area contributed by atoms with E-state index in [1.54, 1.807) is 49.2 Å². The molecule has 42 heavy (non-hydrogen) atoms. The summed E-state index contributed by atoms with van der Waals surface area (Å²) in [6, 6.07) is 8.80. The molecule has 3 aromatic rings. The molecule has 2 N–H and O–H groups in total. The quantitative estimate of drug-likeness (QED) is 0.276. The third kappa shape index (κ3) is 5.55. The highest BCUT2D eigenvalue weighted by Gasteiger charge is 2.57. The summed E-state index contributed by atoms with van der Waals surface area (Å²) in [4.78, 5) is 59.7. The Morgan fingerprint density at radius 2 is 1.76 bits per heavy atom. The van der Waals surface area contributed by atoms with Gasteiger partial charge in [0.1, 0.15) is 11.6 Å². The molecule has 0 spiro atoms. The maximum Gasteiger partial charge on any atom is 0.286 e. The number of anilines is 1. The van der Waals surface area contributed by atoms with Crippen LogP contribution in [0.15, 0.2) is 53.2 Å². The van der Waals surface area contributed by atoms with E-state index in [2.05, 4.69) is 25.8 Å². The van der Waals surface area contributed by atoms with Crippen molar-refractivity contribution in [2.75, 3.05) is 4.90 Å². The summed E-state index contributed by atoms with van der Waals surface area (Å²) in [6.45, 7) is 12.9. The molecule has 0 radical (unpaired) electrons. The van der Waals surface area contributed by atoms with Gasteiger partial charge in [-0.15, -0.1) is 10.2 Å². The van der Waals surface area contributed by atoms with Crippen molar-refractivity contribution in [3.8, 4) is 0 Å². The number of Topliss-reactive ketones (excluding diaryl/α,β-unsaturated/α-hetero) is 1. The number of hydrogen-bond acceptors (Lipinski definition) is 8. The first-order chi connectivity index (χ1) is 19.8. The molecule has 0 saturated carbocycles. The molecular formula is C31H38N6O5. The summed E-state index contributed by atoms with van der Waals surface area (Å²) in [5.41, 5.74) is -0.405. The number of para-hydroxylation sites is 1. The molecule has 1 aliphatic heterocycles. The Morgan fingerprint density at radius 3 is 2.33 bits per heavy atom. The van der Waals surface area contributed by atoms with Gasteiger partial charge in [0.2, 0.25) is 24.0 Å². The van der Waals surface area contributed by atoms with E-state index in [-0.39, 0.29) is 24.1 Å². The second-order valence-electron chi connectivity index (χ2n) is 12.3. The topological polar surface area (TPSA) is 147 Å². The minimum Gasteiger partial charge on any atom is -0.418 e. The number of benzene rings is 1. The first-order valence-corrected chi connectivity index (χ1v) is 14.0. The maximum absolute atomic E-state index is 14.5. The van der Waals surface area contributed by atoms with Crippen LogP contribution in [0.4, 0.5) is 5.69 Å². The van der Waals surface area contributed by atoms with Crippen LogP contribution in [0.3, 0.4) is 0 Å². The van der Waals surface area contributed by atoms with Crippen LogP contribution in [0.2, 0.25) is 0 Å². The van der Waals surface area contributed by atoms with Gasteiger partial charge in [-0.05, 0) is 42.0 Å². The maximum atomic E-state index is 14.5. The number of nitrogens with zero attached hydrogens (tertiary/aromatic N) is 4. The highest BCUT2D eigenvalue weighted by Crippen LogP contribution is 2.41. The number of fused-ring (bicyclic) bond motifs is 1. The molecule has 11 nitrogen and oxygen atoms in total. The summed E-state index contributed by atoms with van der Waals surface area (Å²) in [5, 5.41) is 13.8. The number of hydrogen-bond donors (Lipinski definition) is 2. The van der Waals surface area contributed by atoms with Crippen molar-refractivity contribution in [3.05, 3.63) is 71.7 Å². The largest absolute Gasteiger partial charge is 0.418 e. The average Bonchev–Trinajstić information content (AvgIpc) is 3.60. The number of rotatable bonds is 10. The summed E-state index contributed by atoms with van der Waals surface area (Å²) >= 11 is 0. The zero-order valence-electron chi connectivity index (χ0n) is 25.0. The van der Waals surface area contributed by atoms with Gasteiger partial charge < -0.3 is 20.0 Å². The number of carbonyl (C=O) groups is 4. The Kier molecular flexibility index (Phi) is 8.60. The van der Waals surface area contributed by atoms with Crippen molar-refractivity contribution in [2.45, 2.75) is 77.9 Å². The van der Waals surface area contributed by atoms with E-state index in [1.807, 2.05) is 46.8 Å². The van der Waals surface area contributed by atoms with Crippen LogP contribution >= 0.6 is 0 Å².